The summed E-state index contributed by atoms with van der Waals surface area (Å²) in [4.78, 5) is 16.6. The van der Waals surface area contributed by atoms with E-state index in [2.05, 4.69) is 15.6 Å². The first-order chi connectivity index (χ1) is 16.1. The van der Waals surface area contributed by atoms with Crippen LogP contribution >= 0.6 is 0 Å². The number of nitrogens with one attached hydrogen (secondary N) is 2. The van der Waals surface area contributed by atoms with E-state index in [0.717, 1.165) is 17.5 Å². The van der Waals surface area contributed by atoms with Crippen molar-refractivity contribution in [1.82, 2.24) is 15.6 Å². The van der Waals surface area contributed by atoms with Gasteiger partial charge in [-0.1, -0.05) is 44.5 Å². The number of nitrogens with zero attached hydrogens (tertiary/aromatic N) is 1. The topological polar surface area (TPSA) is 135 Å². The Morgan fingerprint density at radius 2 is 1.85 bits per heavy atom. The molecule has 0 saturated heterocycles. The zero-order valence-corrected chi connectivity index (χ0v) is 20.6. The molecule has 0 saturated carbocycles. The predicted molar refractivity (Wildman–Crippen MR) is 131 cm³/mol. The maximum atomic E-state index is 12.5. The molecule has 1 amide bonds. The first kappa shape index (κ1) is 27.7. The average molecular weight is 474 g/mol. The Balaban J connectivity index is 1.95. The summed E-state index contributed by atoms with van der Waals surface area (Å²) in [6.07, 6.45) is 0.896. The monoisotopic (exact) mass is 473 g/mol. The van der Waals surface area contributed by atoms with Crippen LogP contribution in [0.4, 0.5) is 0 Å². The first-order valence-electron chi connectivity index (χ1n) is 11.8. The largest absolute Gasteiger partial charge is 0.506 e. The fourth-order valence-corrected chi connectivity index (χ4v) is 3.81. The maximum Gasteiger partial charge on any atom is 0.224 e. The molecule has 0 aliphatic heterocycles. The molecule has 1 aromatic heterocycles. The molecular weight excluding hydrogens is 434 g/mol. The average Bonchev–Trinajstić information content (AvgIpc) is 2.80. The molecule has 2 aromatic rings. The van der Waals surface area contributed by atoms with Crippen molar-refractivity contribution in [1.29, 1.82) is 0 Å². The third kappa shape index (κ3) is 8.36. The second kappa shape index (κ2) is 12.8. The van der Waals surface area contributed by atoms with Crippen LogP contribution in [-0.2, 0) is 24.2 Å². The lowest BCUT2D eigenvalue weighted by Crippen LogP contribution is -2.43. The molecule has 6 N–H and O–H groups in total. The normalized spacial score (nSPS) is 14.4. The molecule has 8 heteroatoms. The number of rotatable bonds is 13. The van der Waals surface area contributed by atoms with Gasteiger partial charge in [-0.3, -0.25) is 4.79 Å². The zero-order chi connectivity index (χ0) is 25.3. The fraction of sp³-hybridized carbons (Fsp3) is 0.538. The molecule has 0 radical (unpaired) electrons. The van der Waals surface area contributed by atoms with Gasteiger partial charge in [-0.25, -0.2) is 4.98 Å². The van der Waals surface area contributed by atoms with Crippen molar-refractivity contribution >= 4 is 5.91 Å². The summed E-state index contributed by atoms with van der Waals surface area (Å²) in [6, 6.07) is 10.6. The van der Waals surface area contributed by atoms with Crippen LogP contribution < -0.4 is 10.6 Å². The molecule has 3 unspecified atom stereocenters. The summed E-state index contributed by atoms with van der Waals surface area (Å²) >= 11 is 0. The highest BCUT2D eigenvalue weighted by atomic mass is 16.3. The molecule has 1 heterocycles. The lowest BCUT2D eigenvalue weighted by Gasteiger charge is -2.28. The van der Waals surface area contributed by atoms with Gasteiger partial charge in [0.25, 0.3) is 0 Å². The Labute approximate surface area is 202 Å². The van der Waals surface area contributed by atoms with Crippen LogP contribution in [0.15, 0.2) is 36.4 Å². The van der Waals surface area contributed by atoms with Crippen LogP contribution in [0, 0.1) is 5.92 Å². The van der Waals surface area contributed by atoms with Crippen LogP contribution in [0.2, 0.25) is 0 Å². The maximum absolute atomic E-state index is 12.5. The van der Waals surface area contributed by atoms with E-state index < -0.39 is 12.7 Å². The fourth-order valence-electron chi connectivity index (χ4n) is 3.81. The Hall–Kier alpha value is -2.52. The molecule has 0 aliphatic carbocycles. The van der Waals surface area contributed by atoms with Gasteiger partial charge >= 0.3 is 0 Å². The quantitative estimate of drug-likeness (QED) is 0.262. The highest BCUT2D eigenvalue weighted by Gasteiger charge is 2.22. The molecule has 0 spiro atoms. The van der Waals surface area contributed by atoms with Crippen LogP contribution in [0.3, 0.4) is 0 Å². The van der Waals surface area contributed by atoms with Gasteiger partial charge in [-0.2, -0.15) is 0 Å². The summed E-state index contributed by atoms with van der Waals surface area (Å²) in [5.74, 6) is -0.0118. The van der Waals surface area contributed by atoms with Gasteiger partial charge < -0.3 is 31.1 Å². The molecule has 1 aromatic carbocycles. The van der Waals surface area contributed by atoms with E-state index in [0.29, 0.717) is 12.1 Å². The lowest BCUT2D eigenvalue weighted by molar-refractivity contribution is -0.121. The molecule has 0 fully saturated rings. The van der Waals surface area contributed by atoms with Crippen molar-refractivity contribution in [3.05, 3.63) is 58.9 Å². The number of pyridine rings is 1. The summed E-state index contributed by atoms with van der Waals surface area (Å²) in [5, 5.41) is 45.2. The minimum absolute atomic E-state index is 0.0759. The molecule has 188 valence electrons. The molecule has 0 bridgehead atoms. The highest BCUT2D eigenvalue weighted by Crippen LogP contribution is 2.20. The minimum Gasteiger partial charge on any atom is -0.506 e. The molecule has 2 rings (SSSR count). The lowest BCUT2D eigenvalue weighted by atomic mass is 9.93. The van der Waals surface area contributed by atoms with Crippen LogP contribution in [0.1, 0.15) is 62.7 Å². The van der Waals surface area contributed by atoms with Crippen LogP contribution in [0.5, 0.6) is 5.75 Å². The number of amides is 1. The minimum atomic E-state index is -0.898. The molecule has 8 nitrogen and oxygen atoms in total. The second-order valence-electron chi connectivity index (χ2n) is 9.56. The summed E-state index contributed by atoms with van der Waals surface area (Å²) in [5.41, 5.74) is 2.11. The number of carbonyl (C=O) groups excluding carboxylic acids is 1. The predicted octanol–water partition coefficient (Wildman–Crippen LogP) is 1.99. The van der Waals surface area contributed by atoms with E-state index in [1.54, 1.807) is 0 Å². The highest BCUT2D eigenvalue weighted by molar-refractivity contribution is 5.79. The number of benzene rings is 1. The third-order valence-electron chi connectivity index (χ3n) is 6.11. The van der Waals surface area contributed by atoms with Gasteiger partial charge in [0.05, 0.1) is 31.4 Å². The van der Waals surface area contributed by atoms with E-state index >= 15 is 0 Å². The Kier molecular flexibility index (Phi) is 10.4. The first-order valence-corrected chi connectivity index (χ1v) is 11.8. The van der Waals surface area contributed by atoms with Crippen molar-refractivity contribution in [2.24, 2.45) is 5.92 Å². The molecule has 0 aliphatic rings. The van der Waals surface area contributed by atoms with Gasteiger partial charge in [0, 0.05) is 12.1 Å². The van der Waals surface area contributed by atoms with Crippen molar-refractivity contribution in [3.8, 4) is 5.75 Å². The van der Waals surface area contributed by atoms with E-state index in [4.69, 9.17) is 0 Å². The Morgan fingerprint density at radius 1 is 1.15 bits per heavy atom. The van der Waals surface area contributed by atoms with Crippen LogP contribution in [-0.4, -0.2) is 56.0 Å². The molecule has 34 heavy (non-hydrogen) atoms. The standard InChI is InChI=1S/C26H39N3O5/c1-5-17(2)21(15-30)29-25(34)12-18-7-6-8-19(11-18)13-26(3,4)27-14-24(33)20-9-10-23(32)22(16-31)28-20/h6-11,17,21,24,27,30-33H,5,12-16H2,1-4H3,(H,29,34). The molecule has 3 atom stereocenters. The summed E-state index contributed by atoms with van der Waals surface area (Å²) < 4.78 is 0. The van der Waals surface area contributed by atoms with E-state index in [1.165, 1.54) is 12.1 Å². The number of hydrogen-bond donors (Lipinski definition) is 6. The SMILES string of the molecule is CCC(C)C(CO)NC(=O)Cc1cccc(CC(C)(C)NCC(O)c2ccc(O)c(CO)n2)c1. The number of β-amino-alcohol motifs (C(OH)–C–C–N with tert-alkyl or cyclic N) is 1. The summed E-state index contributed by atoms with van der Waals surface area (Å²) in [7, 11) is 0. The third-order valence-corrected chi connectivity index (χ3v) is 6.11. The van der Waals surface area contributed by atoms with Gasteiger partial charge in [0.1, 0.15) is 17.5 Å². The number of aromatic hydroxyl groups is 1. The van der Waals surface area contributed by atoms with Crippen molar-refractivity contribution in [3.63, 3.8) is 0 Å². The van der Waals surface area contributed by atoms with Gasteiger partial charge in [0.2, 0.25) is 5.91 Å². The number of aromatic nitrogens is 1. The zero-order valence-electron chi connectivity index (χ0n) is 20.6. The summed E-state index contributed by atoms with van der Waals surface area (Å²) in [6.45, 7) is 7.87. The number of hydrogen-bond acceptors (Lipinski definition) is 7. The Bertz CT molecular complexity index is 934. The number of carbonyl (C=O) groups is 1. The van der Waals surface area contributed by atoms with E-state index in [1.807, 2.05) is 52.0 Å². The van der Waals surface area contributed by atoms with Crippen molar-refractivity contribution in [2.75, 3.05) is 13.2 Å². The van der Waals surface area contributed by atoms with Gasteiger partial charge in [0.15, 0.2) is 0 Å². The van der Waals surface area contributed by atoms with Gasteiger partial charge in [-0.15, -0.1) is 0 Å². The van der Waals surface area contributed by atoms with Crippen LogP contribution in [0.25, 0.3) is 0 Å². The number of aliphatic hydroxyl groups excluding tert-OH is 3. The van der Waals surface area contributed by atoms with Gasteiger partial charge in [-0.05, 0) is 49.4 Å². The van der Waals surface area contributed by atoms with Crippen molar-refractivity contribution < 1.29 is 25.2 Å². The smallest absolute Gasteiger partial charge is 0.224 e. The second-order valence-corrected chi connectivity index (χ2v) is 9.56. The Morgan fingerprint density at radius 3 is 2.50 bits per heavy atom. The van der Waals surface area contributed by atoms with E-state index in [9.17, 15) is 25.2 Å². The van der Waals surface area contributed by atoms with Crippen molar-refractivity contribution in [2.45, 2.75) is 71.2 Å². The molecular formula is C26H39N3O5. The number of aliphatic hydroxyl groups is 3. The van der Waals surface area contributed by atoms with E-state index in [-0.39, 0.29) is 54.4 Å².